The van der Waals surface area contributed by atoms with E-state index in [4.69, 9.17) is 0 Å². The van der Waals surface area contributed by atoms with Crippen LogP contribution in [0.5, 0.6) is 0 Å². The number of anilines is 2. The lowest BCUT2D eigenvalue weighted by Gasteiger charge is -2.21. The summed E-state index contributed by atoms with van der Waals surface area (Å²) < 4.78 is 27.5. The van der Waals surface area contributed by atoms with Crippen LogP contribution >= 0.6 is 0 Å². The molecule has 0 saturated heterocycles. The molecule has 0 unspecified atom stereocenters. The van der Waals surface area contributed by atoms with E-state index >= 15 is 0 Å². The quantitative estimate of drug-likeness (QED) is 0.818. The molecule has 0 saturated carbocycles. The minimum Gasteiger partial charge on any atom is -0.349 e. The molecule has 0 bridgehead atoms. The van der Waals surface area contributed by atoms with Crippen molar-refractivity contribution in [3.8, 4) is 0 Å². The Morgan fingerprint density at radius 3 is 2.33 bits per heavy atom. The van der Waals surface area contributed by atoms with Gasteiger partial charge in [-0.05, 0) is 31.0 Å². The summed E-state index contributed by atoms with van der Waals surface area (Å²) in [6, 6.07) is 5.18. The number of nitrogens with one attached hydrogen (secondary N) is 1. The number of hydrogen-bond acceptors (Lipinski definition) is 3. The standard InChI is InChI=1S/C18H21F2N3O/c1-3-8-23(9-4-2)18(24)13-10-14(12-21-11-13)22-17-15(19)6-5-7-16(17)20/h5-7,10-12,22H,3-4,8-9H2,1-2H3. The Labute approximate surface area is 140 Å². The van der Waals surface area contributed by atoms with Crippen LogP contribution in [0.3, 0.4) is 0 Å². The van der Waals surface area contributed by atoms with Crippen LogP contribution in [0.2, 0.25) is 0 Å². The summed E-state index contributed by atoms with van der Waals surface area (Å²) in [6.07, 6.45) is 4.60. The second kappa shape index (κ2) is 8.38. The molecule has 1 aromatic heterocycles. The molecular formula is C18H21F2N3O. The van der Waals surface area contributed by atoms with Crippen molar-refractivity contribution < 1.29 is 13.6 Å². The number of carbonyl (C=O) groups excluding carboxylic acids is 1. The number of aromatic nitrogens is 1. The molecule has 0 atom stereocenters. The zero-order valence-electron chi connectivity index (χ0n) is 13.9. The molecule has 1 heterocycles. The number of rotatable bonds is 7. The largest absolute Gasteiger partial charge is 0.349 e. The first kappa shape index (κ1) is 17.8. The molecule has 2 rings (SSSR count). The molecule has 1 amide bonds. The second-order valence-corrected chi connectivity index (χ2v) is 5.48. The lowest BCUT2D eigenvalue weighted by atomic mass is 10.2. The predicted octanol–water partition coefficient (Wildman–Crippen LogP) is 4.37. The fourth-order valence-electron chi connectivity index (χ4n) is 2.42. The summed E-state index contributed by atoms with van der Waals surface area (Å²) in [4.78, 5) is 18.3. The summed E-state index contributed by atoms with van der Waals surface area (Å²) in [5, 5.41) is 2.66. The third kappa shape index (κ3) is 4.28. The third-order valence-electron chi connectivity index (χ3n) is 3.49. The van der Waals surface area contributed by atoms with Gasteiger partial charge in [0, 0.05) is 19.3 Å². The average molecular weight is 333 g/mol. The maximum Gasteiger partial charge on any atom is 0.255 e. The molecule has 0 radical (unpaired) electrons. The molecule has 6 heteroatoms. The highest BCUT2D eigenvalue weighted by atomic mass is 19.1. The van der Waals surface area contributed by atoms with E-state index in [1.54, 1.807) is 11.0 Å². The Bertz CT molecular complexity index is 680. The molecular weight excluding hydrogens is 312 g/mol. The minimum atomic E-state index is -0.703. The normalized spacial score (nSPS) is 10.5. The summed E-state index contributed by atoms with van der Waals surface area (Å²) in [6.45, 7) is 5.33. The van der Waals surface area contributed by atoms with Crippen molar-refractivity contribution in [3.05, 3.63) is 53.9 Å². The van der Waals surface area contributed by atoms with Gasteiger partial charge in [-0.25, -0.2) is 8.78 Å². The number of halogens is 2. The van der Waals surface area contributed by atoms with E-state index in [2.05, 4.69) is 10.3 Å². The van der Waals surface area contributed by atoms with Crippen LogP contribution in [0.15, 0.2) is 36.7 Å². The Morgan fingerprint density at radius 2 is 1.75 bits per heavy atom. The number of nitrogens with zero attached hydrogens (tertiary/aromatic N) is 2. The van der Waals surface area contributed by atoms with Gasteiger partial charge in [-0.2, -0.15) is 0 Å². The van der Waals surface area contributed by atoms with Crippen molar-refractivity contribution in [1.29, 1.82) is 0 Å². The number of para-hydroxylation sites is 1. The summed E-state index contributed by atoms with van der Waals surface area (Å²) in [5.74, 6) is -1.54. The van der Waals surface area contributed by atoms with Gasteiger partial charge in [0.05, 0.1) is 17.4 Å². The van der Waals surface area contributed by atoms with Crippen molar-refractivity contribution in [2.24, 2.45) is 0 Å². The van der Waals surface area contributed by atoms with E-state index < -0.39 is 11.6 Å². The smallest absolute Gasteiger partial charge is 0.255 e. The van der Waals surface area contributed by atoms with Crippen molar-refractivity contribution in [2.75, 3.05) is 18.4 Å². The number of carbonyl (C=O) groups is 1. The highest BCUT2D eigenvalue weighted by Crippen LogP contribution is 2.23. The number of benzene rings is 1. The number of pyridine rings is 1. The lowest BCUT2D eigenvalue weighted by molar-refractivity contribution is 0.0755. The van der Waals surface area contributed by atoms with Gasteiger partial charge in [-0.1, -0.05) is 19.9 Å². The Kier molecular flexibility index (Phi) is 6.23. The van der Waals surface area contributed by atoms with Crippen LogP contribution in [0, 0.1) is 11.6 Å². The maximum atomic E-state index is 13.7. The summed E-state index contributed by atoms with van der Waals surface area (Å²) >= 11 is 0. The van der Waals surface area contributed by atoms with Gasteiger partial charge in [0.15, 0.2) is 0 Å². The van der Waals surface area contributed by atoms with Gasteiger partial charge in [0.2, 0.25) is 0 Å². The van der Waals surface area contributed by atoms with Crippen molar-refractivity contribution in [2.45, 2.75) is 26.7 Å². The van der Waals surface area contributed by atoms with Gasteiger partial charge in [-0.3, -0.25) is 9.78 Å². The Hall–Kier alpha value is -2.50. The van der Waals surface area contributed by atoms with Gasteiger partial charge >= 0.3 is 0 Å². The lowest BCUT2D eigenvalue weighted by Crippen LogP contribution is -2.32. The third-order valence-corrected chi connectivity index (χ3v) is 3.49. The van der Waals surface area contributed by atoms with Crippen LogP contribution in [-0.2, 0) is 0 Å². The highest BCUT2D eigenvalue weighted by Gasteiger charge is 2.16. The second-order valence-electron chi connectivity index (χ2n) is 5.48. The Morgan fingerprint density at radius 1 is 1.12 bits per heavy atom. The topological polar surface area (TPSA) is 45.2 Å². The zero-order valence-corrected chi connectivity index (χ0v) is 13.9. The molecule has 24 heavy (non-hydrogen) atoms. The van der Waals surface area contributed by atoms with E-state index in [-0.39, 0.29) is 11.6 Å². The van der Waals surface area contributed by atoms with Crippen LogP contribution in [0.25, 0.3) is 0 Å². The first-order valence-corrected chi connectivity index (χ1v) is 8.02. The van der Waals surface area contributed by atoms with Crippen molar-refractivity contribution in [3.63, 3.8) is 0 Å². The summed E-state index contributed by atoms with van der Waals surface area (Å²) in [5.41, 5.74) is 0.485. The molecule has 0 aliphatic rings. The first-order valence-electron chi connectivity index (χ1n) is 8.02. The molecule has 1 N–H and O–H groups in total. The fourth-order valence-corrected chi connectivity index (χ4v) is 2.42. The molecule has 0 aliphatic heterocycles. The number of hydrogen-bond donors (Lipinski definition) is 1. The van der Waals surface area contributed by atoms with Crippen LogP contribution in [0.4, 0.5) is 20.2 Å². The zero-order chi connectivity index (χ0) is 17.5. The Balaban J connectivity index is 2.23. The van der Waals surface area contributed by atoms with Crippen molar-refractivity contribution in [1.82, 2.24) is 9.88 Å². The first-order chi connectivity index (χ1) is 11.6. The minimum absolute atomic E-state index is 0.135. The molecule has 0 fully saturated rings. The van der Waals surface area contributed by atoms with E-state index in [1.165, 1.54) is 18.5 Å². The molecule has 0 aliphatic carbocycles. The molecule has 128 valence electrons. The van der Waals surface area contributed by atoms with E-state index in [0.717, 1.165) is 25.0 Å². The molecule has 2 aromatic rings. The van der Waals surface area contributed by atoms with Gasteiger partial charge < -0.3 is 10.2 Å². The average Bonchev–Trinajstić information content (AvgIpc) is 2.58. The van der Waals surface area contributed by atoms with Gasteiger partial charge in [0.25, 0.3) is 5.91 Å². The highest BCUT2D eigenvalue weighted by molar-refractivity contribution is 5.95. The van der Waals surface area contributed by atoms with E-state index in [0.29, 0.717) is 24.3 Å². The van der Waals surface area contributed by atoms with Gasteiger partial charge in [-0.15, -0.1) is 0 Å². The van der Waals surface area contributed by atoms with Crippen molar-refractivity contribution >= 4 is 17.3 Å². The SMILES string of the molecule is CCCN(CCC)C(=O)c1cncc(Nc2c(F)cccc2F)c1. The predicted molar refractivity (Wildman–Crippen MR) is 90.4 cm³/mol. The van der Waals surface area contributed by atoms with Crippen LogP contribution < -0.4 is 5.32 Å². The molecule has 0 spiro atoms. The van der Waals surface area contributed by atoms with E-state index in [1.807, 2.05) is 13.8 Å². The van der Waals surface area contributed by atoms with Crippen LogP contribution in [-0.4, -0.2) is 28.9 Å². The maximum absolute atomic E-state index is 13.7. The number of amides is 1. The molecule has 1 aromatic carbocycles. The summed E-state index contributed by atoms with van der Waals surface area (Å²) in [7, 11) is 0. The van der Waals surface area contributed by atoms with E-state index in [9.17, 15) is 13.6 Å². The fraction of sp³-hybridized carbons (Fsp3) is 0.333. The monoisotopic (exact) mass is 333 g/mol. The van der Waals surface area contributed by atoms with Crippen LogP contribution in [0.1, 0.15) is 37.0 Å². The molecule has 4 nitrogen and oxygen atoms in total. The van der Waals surface area contributed by atoms with Gasteiger partial charge in [0.1, 0.15) is 17.3 Å².